The molecule has 0 fully saturated rings. The largest absolute Gasteiger partial charge is 0.463 e. The zero-order valence-electron chi connectivity index (χ0n) is 15.1. The van der Waals surface area contributed by atoms with Crippen LogP contribution in [0.5, 0.6) is 0 Å². The molecule has 0 aliphatic rings. The van der Waals surface area contributed by atoms with Crippen LogP contribution in [-0.2, 0) is 37.7 Å². The first-order valence-corrected chi connectivity index (χ1v) is 8.15. The Hall–Kier alpha value is -2.34. The molecule has 6 heteroatoms. The molecule has 0 saturated heterocycles. The molecular formula is C19H24O6. The highest BCUT2D eigenvalue weighted by Gasteiger charge is 2.30. The van der Waals surface area contributed by atoms with E-state index in [0.717, 1.165) is 11.5 Å². The molecule has 2 aromatic rings. The van der Waals surface area contributed by atoms with Crippen molar-refractivity contribution in [1.29, 1.82) is 0 Å². The van der Waals surface area contributed by atoms with Crippen molar-refractivity contribution in [2.24, 2.45) is 0 Å². The topological polar surface area (TPSA) is 78.9 Å². The standard InChI is InChI=1S/C19H24O6/c1-13(20)5-10-18(21)23-12-15-7-9-17(25-15)19(2,3)16-8-6-14(24-16)11-22-4/h6-9H,5,10-12H2,1-4H3. The van der Waals surface area contributed by atoms with Gasteiger partial charge in [0.25, 0.3) is 0 Å². The SMILES string of the molecule is COCc1ccc(C(C)(C)c2ccc(COC(=O)CCC(C)=O)o2)o1. The Kier molecular flexibility index (Phi) is 6.20. The van der Waals surface area contributed by atoms with Crippen LogP contribution in [0, 0.1) is 0 Å². The summed E-state index contributed by atoms with van der Waals surface area (Å²) in [6.07, 6.45) is 0.278. The third-order valence-corrected chi connectivity index (χ3v) is 3.90. The maximum Gasteiger partial charge on any atom is 0.306 e. The first kappa shape index (κ1) is 19.0. The van der Waals surface area contributed by atoms with E-state index in [-0.39, 0.29) is 25.2 Å². The quantitative estimate of drug-likeness (QED) is 0.642. The average molecular weight is 348 g/mol. The number of Topliss-reactive ketones (excluding diaryl/α,β-unsaturated/α-hetero) is 1. The first-order valence-electron chi connectivity index (χ1n) is 8.15. The number of methoxy groups -OCH3 is 1. The van der Waals surface area contributed by atoms with Gasteiger partial charge in [-0.25, -0.2) is 0 Å². The van der Waals surface area contributed by atoms with Gasteiger partial charge in [0.2, 0.25) is 0 Å². The van der Waals surface area contributed by atoms with E-state index in [9.17, 15) is 9.59 Å². The highest BCUT2D eigenvalue weighted by molar-refractivity contribution is 5.80. The van der Waals surface area contributed by atoms with Crippen molar-refractivity contribution in [3.8, 4) is 0 Å². The molecule has 0 radical (unpaired) electrons. The van der Waals surface area contributed by atoms with Crippen molar-refractivity contribution < 1.29 is 27.9 Å². The van der Waals surface area contributed by atoms with E-state index in [4.69, 9.17) is 18.3 Å². The van der Waals surface area contributed by atoms with E-state index in [2.05, 4.69) is 0 Å². The highest BCUT2D eigenvalue weighted by Crippen LogP contribution is 2.34. The lowest BCUT2D eigenvalue weighted by atomic mass is 9.87. The Morgan fingerprint density at radius 3 is 2.04 bits per heavy atom. The Morgan fingerprint density at radius 2 is 1.52 bits per heavy atom. The summed E-state index contributed by atoms with van der Waals surface area (Å²) in [4.78, 5) is 22.4. The second-order valence-electron chi connectivity index (χ2n) is 6.45. The van der Waals surface area contributed by atoms with Gasteiger partial charge in [-0.05, 0) is 45.0 Å². The summed E-state index contributed by atoms with van der Waals surface area (Å²) >= 11 is 0. The van der Waals surface area contributed by atoms with Crippen molar-refractivity contribution in [1.82, 2.24) is 0 Å². The number of rotatable bonds is 9. The third kappa shape index (κ3) is 5.06. The number of hydrogen-bond donors (Lipinski definition) is 0. The number of esters is 1. The normalized spacial score (nSPS) is 11.5. The number of hydrogen-bond acceptors (Lipinski definition) is 6. The fraction of sp³-hybridized carbons (Fsp3) is 0.474. The molecule has 0 unspecified atom stereocenters. The molecule has 136 valence electrons. The zero-order valence-corrected chi connectivity index (χ0v) is 15.1. The molecule has 0 atom stereocenters. The fourth-order valence-corrected chi connectivity index (χ4v) is 2.35. The van der Waals surface area contributed by atoms with Gasteiger partial charge in [0.05, 0.1) is 11.8 Å². The van der Waals surface area contributed by atoms with Crippen molar-refractivity contribution in [2.45, 2.75) is 52.2 Å². The van der Waals surface area contributed by atoms with E-state index in [0.29, 0.717) is 18.1 Å². The Bertz CT molecular complexity index is 722. The molecule has 2 rings (SSSR count). The van der Waals surface area contributed by atoms with E-state index < -0.39 is 11.4 Å². The average Bonchev–Trinajstić information content (AvgIpc) is 3.21. The van der Waals surface area contributed by atoms with Crippen molar-refractivity contribution in [3.05, 3.63) is 47.3 Å². The first-order chi connectivity index (χ1) is 11.8. The summed E-state index contributed by atoms with van der Waals surface area (Å²) in [6.45, 7) is 5.88. The second-order valence-corrected chi connectivity index (χ2v) is 6.45. The molecule has 0 aromatic carbocycles. The highest BCUT2D eigenvalue weighted by atomic mass is 16.5. The zero-order chi connectivity index (χ0) is 18.4. The minimum Gasteiger partial charge on any atom is -0.463 e. The van der Waals surface area contributed by atoms with Gasteiger partial charge in [0, 0.05) is 13.5 Å². The summed E-state index contributed by atoms with van der Waals surface area (Å²) in [5, 5.41) is 0. The van der Waals surface area contributed by atoms with Crippen molar-refractivity contribution in [3.63, 3.8) is 0 Å². The molecule has 0 saturated carbocycles. The van der Waals surface area contributed by atoms with E-state index >= 15 is 0 Å². The van der Waals surface area contributed by atoms with Gasteiger partial charge in [-0.1, -0.05) is 0 Å². The van der Waals surface area contributed by atoms with Crippen LogP contribution >= 0.6 is 0 Å². The second kappa shape index (κ2) is 8.16. The predicted molar refractivity (Wildman–Crippen MR) is 90.0 cm³/mol. The summed E-state index contributed by atoms with van der Waals surface area (Å²) in [5.41, 5.74) is -0.469. The summed E-state index contributed by atoms with van der Waals surface area (Å²) < 4.78 is 21.8. The van der Waals surface area contributed by atoms with Crippen LogP contribution < -0.4 is 0 Å². The minimum absolute atomic E-state index is 0.0368. The van der Waals surface area contributed by atoms with Gasteiger partial charge in [-0.2, -0.15) is 0 Å². The van der Waals surface area contributed by atoms with E-state index in [1.54, 1.807) is 13.2 Å². The molecule has 2 aromatic heterocycles. The number of carbonyl (C=O) groups excluding carboxylic acids is 2. The predicted octanol–water partition coefficient (Wildman–Crippen LogP) is 3.76. The maximum absolute atomic E-state index is 11.6. The number of ether oxygens (including phenoxy) is 2. The van der Waals surface area contributed by atoms with Gasteiger partial charge < -0.3 is 23.1 Å². The molecule has 0 aliphatic heterocycles. The fourth-order valence-electron chi connectivity index (χ4n) is 2.35. The van der Waals surface area contributed by atoms with Gasteiger partial charge >= 0.3 is 5.97 Å². The molecule has 6 nitrogen and oxygen atoms in total. The summed E-state index contributed by atoms with van der Waals surface area (Å²) in [6, 6.07) is 7.39. The maximum atomic E-state index is 11.6. The van der Waals surface area contributed by atoms with Crippen molar-refractivity contribution in [2.75, 3.05) is 7.11 Å². The Labute approximate surface area is 147 Å². The molecule has 0 aliphatic carbocycles. The number of carbonyl (C=O) groups is 2. The Morgan fingerprint density at radius 1 is 0.960 bits per heavy atom. The van der Waals surface area contributed by atoms with Crippen molar-refractivity contribution >= 4 is 11.8 Å². The third-order valence-electron chi connectivity index (χ3n) is 3.90. The van der Waals surface area contributed by atoms with Crippen LogP contribution in [0.2, 0.25) is 0 Å². The molecule has 0 spiro atoms. The number of furan rings is 2. The molecule has 0 amide bonds. The molecule has 0 N–H and O–H groups in total. The molecular weight excluding hydrogens is 324 g/mol. The lowest BCUT2D eigenvalue weighted by molar-refractivity contribution is -0.146. The van der Waals surface area contributed by atoms with Crippen LogP contribution in [0.25, 0.3) is 0 Å². The smallest absolute Gasteiger partial charge is 0.306 e. The summed E-state index contributed by atoms with van der Waals surface area (Å²) in [5.74, 6) is 2.31. The van der Waals surface area contributed by atoms with Crippen LogP contribution in [0.1, 0.15) is 56.7 Å². The number of ketones is 1. The monoisotopic (exact) mass is 348 g/mol. The van der Waals surface area contributed by atoms with Gasteiger partial charge in [-0.3, -0.25) is 4.79 Å². The lowest BCUT2D eigenvalue weighted by Gasteiger charge is -2.19. The molecule has 25 heavy (non-hydrogen) atoms. The van der Waals surface area contributed by atoms with Crippen LogP contribution in [0.15, 0.2) is 33.1 Å². The van der Waals surface area contributed by atoms with Crippen LogP contribution in [-0.4, -0.2) is 18.9 Å². The molecule has 0 bridgehead atoms. The molecule has 2 heterocycles. The lowest BCUT2D eigenvalue weighted by Crippen LogP contribution is -2.17. The summed E-state index contributed by atoms with van der Waals surface area (Å²) in [7, 11) is 1.61. The van der Waals surface area contributed by atoms with E-state index in [1.165, 1.54) is 6.92 Å². The van der Waals surface area contributed by atoms with Gasteiger partial charge in [0.15, 0.2) is 0 Å². The van der Waals surface area contributed by atoms with Crippen LogP contribution in [0.4, 0.5) is 0 Å². The van der Waals surface area contributed by atoms with E-state index in [1.807, 2.05) is 32.0 Å². The van der Waals surface area contributed by atoms with Gasteiger partial charge in [-0.15, -0.1) is 0 Å². The minimum atomic E-state index is -0.469. The van der Waals surface area contributed by atoms with Gasteiger partial charge in [0.1, 0.15) is 42.0 Å². The van der Waals surface area contributed by atoms with Crippen LogP contribution in [0.3, 0.4) is 0 Å². The Balaban J connectivity index is 1.98.